The molecular weight excluding hydrogens is 1030 g/mol. The number of carbonyl (C=O) groups is 6. The normalized spacial score (nSPS) is 16.8. The minimum absolute atomic E-state index is 0. The van der Waals surface area contributed by atoms with Gasteiger partial charge < -0.3 is 55.9 Å². The fourth-order valence-corrected chi connectivity index (χ4v) is 6.85. The molecule has 0 saturated carbocycles. The molecule has 0 spiro atoms. The van der Waals surface area contributed by atoms with Crippen molar-refractivity contribution < 1.29 is 93.9 Å². The first-order chi connectivity index (χ1) is 23.1. The predicted octanol–water partition coefficient (Wildman–Crippen LogP) is -6.28. The van der Waals surface area contributed by atoms with Crippen molar-refractivity contribution in [3.63, 3.8) is 0 Å². The summed E-state index contributed by atoms with van der Waals surface area (Å²) < 4.78 is 5.72. The van der Waals surface area contributed by atoms with Gasteiger partial charge in [-0.25, -0.2) is 0 Å². The molecule has 5 N–H and O–H groups in total. The van der Waals surface area contributed by atoms with Gasteiger partial charge in [0.25, 0.3) is 0 Å². The van der Waals surface area contributed by atoms with E-state index in [1.165, 1.54) is 14.7 Å². The monoisotopic (exact) mass is 1070 g/mol. The molecule has 50 heavy (non-hydrogen) atoms. The Bertz CT molecular complexity index is 1290. The number of benzene rings is 1. The second-order valence-electron chi connectivity index (χ2n) is 11.3. The number of nitrogens with zero attached hydrogens (tertiary/aromatic N) is 4. The molecule has 1 heterocycles. The van der Waals surface area contributed by atoms with E-state index in [1.807, 2.05) is 45.2 Å². The van der Waals surface area contributed by atoms with E-state index in [9.17, 15) is 49.2 Å². The molecule has 2 amide bonds. The topological polar surface area (TPSA) is 264 Å². The summed E-state index contributed by atoms with van der Waals surface area (Å²) in [5, 5.41) is 49.4. The number of aliphatic carboxylic acids is 3. The predicted molar refractivity (Wildman–Crippen MR) is 183 cm³/mol. The summed E-state index contributed by atoms with van der Waals surface area (Å²) in [4.78, 5) is 79.0. The zero-order chi connectivity index (χ0) is 36.7. The summed E-state index contributed by atoms with van der Waals surface area (Å²) in [6.45, 7) is -0.974. The largest absolute Gasteiger partial charge is 3.00 e. The van der Waals surface area contributed by atoms with Crippen LogP contribution in [0.5, 0.6) is 5.75 Å². The third-order valence-electron chi connectivity index (χ3n) is 7.57. The van der Waals surface area contributed by atoms with E-state index in [1.54, 1.807) is 17.0 Å². The van der Waals surface area contributed by atoms with Crippen molar-refractivity contribution in [2.75, 3.05) is 92.2 Å². The third kappa shape index (κ3) is 17.8. The summed E-state index contributed by atoms with van der Waals surface area (Å²) >= 11 is 3.91. The van der Waals surface area contributed by atoms with Crippen molar-refractivity contribution in [3.05, 3.63) is 24.8 Å². The fraction of sp³-hybridized carbons (Fsp3) is 0.586. The summed E-state index contributed by atoms with van der Waals surface area (Å²) in [5.41, 5.74) is 6.89. The van der Waals surface area contributed by atoms with Crippen LogP contribution in [0.1, 0.15) is 5.56 Å². The first-order valence-electron chi connectivity index (χ1n) is 15.1. The SMILES string of the molecule is COC(=O)CNC(=O)C(CN1CCN(CC(=O)[O-])CCN(CC(=O)[O-])CCN(CC(=O)[O-])CC1)NC(=O)C(N)Cc1cc(I)c(O)c(I)c1.[Gd+3]. The Balaban J connectivity index is 0.0000125. The molecule has 1 radical (unpaired) electrons. The molecule has 1 fully saturated rings. The number of phenolic OH excluding ortho intramolecular Hbond substituents is 1. The van der Waals surface area contributed by atoms with Gasteiger partial charge in [-0.3, -0.25) is 34.0 Å². The average Bonchev–Trinajstić information content (AvgIpc) is 3.02. The average molecular weight is 1070 g/mol. The summed E-state index contributed by atoms with van der Waals surface area (Å²) in [7, 11) is 1.14. The summed E-state index contributed by atoms with van der Waals surface area (Å²) in [6, 6.07) is 0.978. The van der Waals surface area contributed by atoms with Gasteiger partial charge in [0.05, 0.1) is 38.2 Å². The van der Waals surface area contributed by atoms with Gasteiger partial charge >= 0.3 is 45.9 Å². The molecule has 1 aliphatic heterocycles. The van der Waals surface area contributed by atoms with Gasteiger partial charge in [-0.15, -0.1) is 0 Å². The quantitative estimate of drug-likeness (QED) is 0.0941. The molecule has 1 aliphatic rings. The van der Waals surface area contributed by atoms with Gasteiger partial charge in [-0.05, 0) is 69.3 Å². The smallest absolute Gasteiger partial charge is 0.549 e. The number of nitrogens with one attached hydrogen (secondary N) is 2. The minimum Gasteiger partial charge on any atom is -0.549 e. The van der Waals surface area contributed by atoms with Crippen LogP contribution < -0.4 is 31.7 Å². The van der Waals surface area contributed by atoms with Crippen LogP contribution in [0.4, 0.5) is 0 Å². The van der Waals surface area contributed by atoms with Gasteiger partial charge in [-0.1, -0.05) is 0 Å². The van der Waals surface area contributed by atoms with Gasteiger partial charge in [0, 0.05) is 78.5 Å². The Morgan fingerprint density at radius 1 is 0.800 bits per heavy atom. The number of nitrogens with two attached hydrogens (primary N) is 1. The number of ether oxygens (including phenoxy) is 1. The second kappa shape index (κ2) is 23.9. The van der Waals surface area contributed by atoms with Crippen LogP contribution >= 0.6 is 45.2 Å². The number of hydrogen-bond acceptors (Lipinski definition) is 16. The number of halogens is 2. The molecule has 0 bridgehead atoms. The molecule has 2 unspecified atom stereocenters. The maximum absolute atomic E-state index is 13.3. The Hall–Kier alpha value is -1.58. The van der Waals surface area contributed by atoms with E-state index in [0.29, 0.717) is 12.7 Å². The number of methoxy groups -OCH3 is 1. The van der Waals surface area contributed by atoms with Crippen LogP contribution in [0.3, 0.4) is 0 Å². The van der Waals surface area contributed by atoms with Crippen LogP contribution in [-0.4, -0.2) is 165 Å². The Labute approximate surface area is 348 Å². The molecular formula is C29H40GdI2N7O11. The Kier molecular flexibility index (Phi) is 22.2. The van der Waals surface area contributed by atoms with Crippen molar-refractivity contribution in [2.24, 2.45) is 5.73 Å². The van der Waals surface area contributed by atoms with Crippen LogP contribution in [0.25, 0.3) is 0 Å². The maximum Gasteiger partial charge on any atom is 3.00 e. The van der Waals surface area contributed by atoms with E-state index < -0.39 is 74.0 Å². The zero-order valence-corrected chi connectivity index (χ0v) is 33.8. The number of hydrogen-bond donors (Lipinski definition) is 4. The summed E-state index contributed by atoms with van der Waals surface area (Å²) in [6.07, 6.45) is 0.0731. The minimum atomic E-state index is -1.36. The Morgan fingerprint density at radius 3 is 1.58 bits per heavy atom. The molecule has 0 aromatic heterocycles. The van der Waals surface area contributed by atoms with Crippen molar-refractivity contribution in [2.45, 2.75) is 18.5 Å². The molecule has 2 rings (SSSR count). The number of aromatic hydroxyl groups is 1. The molecule has 21 heteroatoms. The van der Waals surface area contributed by atoms with Crippen LogP contribution in [0, 0.1) is 47.1 Å². The van der Waals surface area contributed by atoms with Gasteiger partial charge in [0.1, 0.15) is 18.3 Å². The number of rotatable bonds is 15. The van der Waals surface area contributed by atoms with E-state index in [-0.39, 0.29) is 111 Å². The number of carboxylic acids is 3. The number of amides is 2. The van der Waals surface area contributed by atoms with Crippen LogP contribution in [0.2, 0.25) is 0 Å². The molecule has 279 valence electrons. The van der Waals surface area contributed by atoms with E-state index in [2.05, 4.69) is 15.4 Å². The first kappa shape index (κ1) is 46.4. The van der Waals surface area contributed by atoms with Crippen molar-refractivity contribution in [1.29, 1.82) is 0 Å². The second-order valence-corrected chi connectivity index (χ2v) is 13.6. The Morgan fingerprint density at radius 2 is 1.20 bits per heavy atom. The zero-order valence-electron chi connectivity index (χ0n) is 27.2. The molecule has 0 aliphatic carbocycles. The maximum atomic E-state index is 13.3. The van der Waals surface area contributed by atoms with Crippen molar-refractivity contribution in [1.82, 2.24) is 30.2 Å². The van der Waals surface area contributed by atoms with E-state index in [4.69, 9.17) is 5.73 Å². The van der Waals surface area contributed by atoms with Gasteiger partial charge in [0.2, 0.25) is 11.8 Å². The molecule has 1 aromatic carbocycles. The van der Waals surface area contributed by atoms with E-state index in [0.717, 1.165) is 7.11 Å². The number of esters is 1. The van der Waals surface area contributed by atoms with Gasteiger partial charge in [-0.2, -0.15) is 0 Å². The van der Waals surface area contributed by atoms with Crippen LogP contribution in [0.15, 0.2) is 12.1 Å². The number of carbonyl (C=O) groups excluding carboxylic acids is 6. The molecule has 1 saturated heterocycles. The molecule has 1 aromatic rings. The fourth-order valence-electron chi connectivity index (χ4n) is 4.95. The molecule has 2 atom stereocenters. The number of carboxylic acid groups (broad SMARTS) is 3. The van der Waals surface area contributed by atoms with Crippen molar-refractivity contribution in [3.8, 4) is 5.75 Å². The third-order valence-corrected chi connectivity index (χ3v) is 9.21. The number of phenols is 1. The summed E-state index contributed by atoms with van der Waals surface area (Å²) in [5.74, 6) is -6.11. The van der Waals surface area contributed by atoms with Crippen LogP contribution in [-0.2, 0) is 39.9 Å². The van der Waals surface area contributed by atoms with E-state index >= 15 is 0 Å². The molecule has 18 nitrogen and oxygen atoms in total. The first-order valence-corrected chi connectivity index (χ1v) is 17.3. The van der Waals surface area contributed by atoms with Gasteiger partial charge in [0.15, 0.2) is 0 Å². The standard InChI is InChI=1S/C29H43I2N7O11.Gd/c1-49-26(45)13-33-29(48)22(34-28(47)21(32)12-18-10-19(30)27(46)20(31)11-18)14-35-2-4-36(15-23(39)40)6-8-38(17-25(43)44)9-7-37(5-3-35)16-24(41)42;/h10-11,21-22,46H,2-9,12-17,32H2,1H3,(H,33,48)(H,34,47)(H,39,40)(H,41,42)(H,43,44);/q;+3/p-3. The van der Waals surface area contributed by atoms with Crippen molar-refractivity contribution >= 4 is 80.9 Å².